The molecule has 0 fully saturated rings. The van der Waals surface area contributed by atoms with E-state index in [1.54, 1.807) is 18.2 Å². The van der Waals surface area contributed by atoms with Gasteiger partial charge in [0.05, 0.1) is 24.8 Å². The first-order valence-corrected chi connectivity index (χ1v) is 8.63. The Morgan fingerprint density at radius 2 is 2.04 bits per heavy atom. The Hall–Kier alpha value is -2.06. The summed E-state index contributed by atoms with van der Waals surface area (Å²) < 4.78 is 45.5. The molecule has 1 heterocycles. The van der Waals surface area contributed by atoms with Crippen molar-refractivity contribution in [2.24, 2.45) is 0 Å². The van der Waals surface area contributed by atoms with Gasteiger partial charge in [-0.2, -0.15) is 13.2 Å². The van der Waals surface area contributed by atoms with E-state index in [9.17, 15) is 23.1 Å². The summed E-state index contributed by atoms with van der Waals surface area (Å²) in [4.78, 5) is 12.5. The summed E-state index contributed by atoms with van der Waals surface area (Å²) in [5.41, 5.74) is 0.0748. The number of nitrogens with one attached hydrogen (secondary N) is 1. The Balaban J connectivity index is 1.87. The molecule has 2 N–H and O–H groups in total. The first-order chi connectivity index (χ1) is 12.3. The zero-order chi connectivity index (χ0) is 18.9. The van der Waals surface area contributed by atoms with Crippen LogP contribution in [0.1, 0.15) is 33.1 Å². The third-order valence-corrected chi connectivity index (χ3v) is 4.63. The fourth-order valence-electron chi connectivity index (χ4n) is 2.87. The Morgan fingerprint density at radius 3 is 2.73 bits per heavy atom. The van der Waals surface area contributed by atoms with Crippen LogP contribution in [0.4, 0.5) is 13.2 Å². The summed E-state index contributed by atoms with van der Waals surface area (Å²) in [7, 11) is 0. The number of hydrogen-bond acceptors (Lipinski definition) is 3. The summed E-state index contributed by atoms with van der Waals surface area (Å²) in [6.07, 6.45) is -3.94. The highest BCUT2D eigenvalue weighted by molar-refractivity contribution is 9.10. The second-order valence-electron chi connectivity index (χ2n) is 5.86. The van der Waals surface area contributed by atoms with Crippen molar-refractivity contribution >= 4 is 21.8 Å². The first kappa shape index (κ1) is 18.7. The zero-order valence-corrected chi connectivity index (χ0v) is 15.0. The molecule has 2 aromatic carbocycles. The van der Waals surface area contributed by atoms with Crippen LogP contribution in [0.25, 0.3) is 0 Å². The molecule has 138 valence electrons. The maximum atomic E-state index is 13.3. The van der Waals surface area contributed by atoms with Gasteiger partial charge in [0.25, 0.3) is 5.91 Å². The van der Waals surface area contributed by atoms with Crippen LogP contribution in [0.15, 0.2) is 40.9 Å². The second-order valence-corrected chi connectivity index (χ2v) is 6.77. The molecule has 0 aliphatic carbocycles. The number of rotatable bonds is 4. The zero-order valence-electron chi connectivity index (χ0n) is 13.4. The summed E-state index contributed by atoms with van der Waals surface area (Å²) in [6.45, 7) is -0.127. The number of carbonyl (C=O) groups is 1. The fraction of sp³-hybridized carbons (Fsp3) is 0.278. The van der Waals surface area contributed by atoms with Crippen molar-refractivity contribution in [3.63, 3.8) is 0 Å². The Labute approximate surface area is 156 Å². The minimum atomic E-state index is -4.61. The maximum Gasteiger partial charge on any atom is 0.416 e. The molecular weight excluding hydrogens is 415 g/mol. The van der Waals surface area contributed by atoms with Crippen molar-refractivity contribution in [2.75, 3.05) is 13.2 Å². The predicted octanol–water partition coefficient (Wildman–Crippen LogP) is 3.87. The van der Waals surface area contributed by atoms with Crippen LogP contribution in [0, 0.1) is 0 Å². The van der Waals surface area contributed by atoms with Crippen LogP contribution >= 0.6 is 15.9 Å². The SMILES string of the molecule is O=C(N[C@@H](CO)c1ccc(Br)cc1C(F)(F)F)c1ccc2c(c1)CCO2. The lowest BCUT2D eigenvalue weighted by Gasteiger charge is -2.21. The van der Waals surface area contributed by atoms with Gasteiger partial charge in [-0.25, -0.2) is 0 Å². The van der Waals surface area contributed by atoms with Crippen LogP contribution in [-0.2, 0) is 12.6 Å². The molecule has 8 heteroatoms. The van der Waals surface area contributed by atoms with Crippen LogP contribution in [-0.4, -0.2) is 24.2 Å². The van der Waals surface area contributed by atoms with Gasteiger partial charge in [0.1, 0.15) is 5.75 Å². The molecule has 2 aromatic rings. The fourth-order valence-corrected chi connectivity index (χ4v) is 3.23. The number of amides is 1. The summed E-state index contributed by atoms with van der Waals surface area (Å²) >= 11 is 3.01. The summed E-state index contributed by atoms with van der Waals surface area (Å²) in [5.74, 6) is 0.141. The normalized spacial score (nSPS) is 14.5. The van der Waals surface area contributed by atoms with Crippen LogP contribution in [0.2, 0.25) is 0 Å². The lowest BCUT2D eigenvalue weighted by atomic mass is 9.99. The highest BCUT2D eigenvalue weighted by Crippen LogP contribution is 2.36. The monoisotopic (exact) mass is 429 g/mol. The molecule has 0 aromatic heterocycles. The van der Waals surface area contributed by atoms with Gasteiger partial charge < -0.3 is 15.2 Å². The number of hydrogen-bond donors (Lipinski definition) is 2. The van der Waals surface area contributed by atoms with E-state index in [4.69, 9.17) is 4.74 Å². The van der Waals surface area contributed by atoms with Crippen LogP contribution in [0.3, 0.4) is 0 Å². The van der Waals surface area contributed by atoms with Gasteiger partial charge in [-0.1, -0.05) is 22.0 Å². The molecular formula is C18H15BrF3NO3. The number of fused-ring (bicyclic) bond motifs is 1. The van der Waals surface area contributed by atoms with Gasteiger partial charge >= 0.3 is 6.18 Å². The van der Waals surface area contributed by atoms with Crippen LogP contribution in [0.5, 0.6) is 5.75 Å². The average molecular weight is 430 g/mol. The first-order valence-electron chi connectivity index (χ1n) is 7.83. The molecule has 1 aliphatic heterocycles. The standard InChI is InChI=1S/C18H15BrF3NO3/c19-12-2-3-13(14(8-12)18(20,21)22)15(9-24)23-17(25)11-1-4-16-10(7-11)5-6-26-16/h1-4,7-8,15,24H,5-6,9H2,(H,23,25)/t15-/m0/s1. The van der Waals surface area contributed by atoms with Crippen molar-refractivity contribution in [2.45, 2.75) is 18.6 Å². The largest absolute Gasteiger partial charge is 0.493 e. The highest BCUT2D eigenvalue weighted by Gasteiger charge is 2.35. The minimum Gasteiger partial charge on any atom is -0.493 e. The van der Waals surface area contributed by atoms with Gasteiger partial charge in [-0.3, -0.25) is 4.79 Å². The van der Waals surface area contributed by atoms with Gasteiger partial charge in [0.2, 0.25) is 0 Å². The maximum absolute atomic E-state index is 13.3. The molecule has 26 heavy (non-hydrogen) atoms. The molecule has 0 unspecified atom stereocenters. The third-order valence-electron chi connectivity index (χ3n) is 4.14. The highest BCUT2D eigenvalue weighted by atomic mass is 79.9. The van der Waals surface area contributed by atoms with E-state index in [1.165, 1.54) is 12.1 Å². The molecule has 0 radical (unpaired) electrons. The molecule has 1 aliphatic rings. The summed E-state index contributed by atoms with van der Waals surface area (Å²) in [6, 6.07) is 7.27. The predicted molar refractivity (Wildman–Crippen MR) is 92.1 cm³/mol. The number of carbonyl (C=O) groups excluding carboxylic acids is 1. The van der Waals surface area contributed by atoms with E-state index >= 15 is 0 Å². The van der Waals surface area contributed by atoms with Gasteiger partial charge in [0.15, 0.2) is 0 Å². The minimum absolute atomic E-state index is 0.193. The summed E-state index contributed by atoms with van der Waals surface area (Å²) in [5, 5.41) is 12.1. The molecule has 4 nitrogen and oxygen atoms in total. The van der Waals surface area contributed by atoms with Crippen molar-refractivity contribution in [1.82, 2.24) is 5.32 Å². The Kier molecular flexibility index (Phi) is 5.24. The van der Waals surface area contributed by atoms with Gasteiger partial charge in [-0.15, -0.1) is 0 Å². The van der Waals surface area contributed by atoms with E-state index in [0.29, 0.717) is 24.3 Å². The molecule has 0 spiro atoms. The van der Waals surface area contributed by atoms with Crippen molar-refractivity contribution in [1.29, 1.82) is 0 Å². The van der Waals surface area contributed by atoms with Gasteiger partial charge in [-0.05, 0) is 41.5 Å². The lowest BCUT2D eigenvalue weighted by Crippen LogP contribution is -2.32. The number of aliphatic hydroxyl groups is 1. The number of ether oxygens (including phenoxy) is 1. The number of halogens is 4. The second kappa shape index (κ2) is 7.28. The van der Waals surface area contributed by atoms with Crippen molar-refractivity contribution in [3.05, 3.63) is 63.1 Å². The smallest absolute Gasteiger partial charge is 0.416 e. The van der Waals surface area contributed by atoms with Gasteiger partial charge in [0, 0.05) is 16.5 Å². The molecule has 1 amide bonds. The molecule has 1 atom stereocenters. The Bertz CT molecular complexity index is 839. The van der Waals surface area contributed by atoms with E-state index < -0.39 is 30.3 Å². The van der Waals surface area contributed by atoms with Crippen molar-refractivity contribution in [3.8, 4) is 5.75 Å². The van der Waals surface area contributed by atoms with Crippen LogP contribution < -0.4 is 10.1 Å². The number of alkyl halides is 3. The molecule has 0 bridgehead atoms. The van der Waals surface area contributed by atoms with Crippen molar-refractivity contribution < 1.29 is 27.8 Å². The number of aliphatic hydroxyl groups excluding tert-OH is 1. The quantitative estimate of drug-likeness (QED) is 0.775. The number of benzene rings is 2. The average Bonchev–Trinajstić information content (AvgIpc) is 3.06. The third kappa shape index (κ3) is 3.86. The topological polar surface area (TPSA) is 58.6 Å². The van der Waals surface area contributed by atoms with E-state index in [1.807, 2.05) is 0 Å². The van der Waals surface area contributed by atoms with E-state index in [2.05, 4.69) is 21.2 Å². The molecule has 0 saturated carbocycles. The molecule has 3 rings (SSSR count). The molecule has 0 saturated heterocycles. The van der Waals surface area contributed by atoms with E-state index in [-0.39, 0.29) is 10.0 Å². The Morgan fingerprint density at radius 1 is 1.27 bits per heavy atom. The van der Waals surface area contributed by atoms with E-state index in [0.717, 1.165) is 11.6 Å². The lowest BCUT2D eigenvalue weighted by molar-refractivity contribution is -0.138.